The molecule has 1 atom stereocenters. The average molecular weight is 223 g/mol. The summed E-state index contributed by atoms with van der Waals surface area (Å²) in [6.45, 7) is 6.70. The molecule has 0 spiro atoms. The van der Waals surface area contributed by atoms with Crippen molar-refractivity contribution in [2.75, 3.05) is 13.1 Å². The van der Waals surface area contributed by atoms with Crippen LogP contribution in [0.3, 0.4) is 0 Å². The first-order valence-corrected chi connectivity index (χ1v) is 5.88. The predicted molar refractivity (Wildman–Crippen MR) is 62.8 cm³/mol. The van der Waals surface area contributed by atoms with Crippen LogP contribution >= 0.6 is 0 Å². The number of aryl methyl sites for hydroxylation is 1. The van der Waals surface area contributed by atoms with Gasteiger partial charge in [-0.2, -0.15) is 0 Å². The molecule has 0 saturated carbocycles. The quantitative estimate of drug-likeness (QED) is 0.819. The van der Waals surface area contributed by atoms with Gasteiger partial charge in [-0.1, -0.05) is 5.21 Å². The molecule has 1 unspecified atom stereocenters. The van der Waals surface area contributed by atoms with Crippen molar-refractivity contribution in [3.8, 4) is 0 Å². The van der Waals surface area contributed by atoms with Crippen LogP contribution in [0.4, 0.5) is 0 Å². The fourth-order valence-corrected chi connectivity index (χ4v) is 2.43. The Kier molecular flexibility index (Phi) is 2.99. The molecular weight excluding hydrogens is 202 g/mol. The Labute approximate surface area is 96.6 Å². The number of likely N-dealkylation sites (tertiary alicyclic amines) is 1. The Bertz CT molecular complexity index is 351. The van der Waals surface area contributed by atoms with Gasteiger partial charge in [-0.05, 0) is 39.8 Å². The van der Waals surface area contributed by atoms with E-state index in [0.29, 0.717) is 0 Å². The van der Waals surface area contributed by atoms with Gasteiger partial charge in [-0.25, -0.2) is 0 Å². The molecule has 0 bridgehead atoms. The minimum absolute atomic E-state index is 0.0357. The molecule has 0 aromatic carbocycles. The van der Waals surface area contributed by atoms with Gasteiger partial charge < -0.3 is 5.73 Å². The highest BCUT2D eigenvalue weighted by Crippen LogP contribution is 2.31. The second-order valence-electron chi connectivity index (χ2n) is 5.11. The van der Waals surface area contributed by atoms with Crippen LogP contribution in [-0.4, -0.2) is 38.5 Å². The molecule has 1 saturated heterocycles. The van der Waals surface area contributed by atoms with Crippen molar-refractivity contribution in [2.24, 2.45) is 12.8 Å². The summed E-state index contributed by atoms with van der Waals surface area (Å²) in [6.07, 6.45) is 4.32. The summed E-state index contributed by atoms with van der Waals surface area (Å²) >= 11 is 0. The summed E-state index contributed by atoms with van der Waals surface area (Å²) < 4.78 is 1.77. The van der Waals surface area contributed by atoms with E-state index in [2.05, 4.69) is 29.1 Å². The lowest BCUT2D eigenvalue weighted by molar-refractivity contribution is 0.121. The fourth-order valence-electron chi connectivity index (χ4n) is 2.43. The molecule has 0 amide bonds. The monoisotopic (exact) mass is 223 g/mol. The topological polar surface area (TPSA) is 60.0 Å². The van der Waals surface area contributed by atoms with E-state index < -0.39 is 0 Å². The van der Waals surface area contributed by atoms with Gasteiger partial charge in [0.05, 0.1) is 17.9 Å². The Morgan fingerprint density at radius 3 is 2.50 bits per heavy atom. The molecule has 1 fully saturated rings. The second kappa shape index (κ2) is 4.14. The van der Waals surface area contributed by atoms with Crippen molar-refractivity contribution < 1.29 is 0 Å². The molecule has 1 aromatic rings. The number of aromatic nitrogens is 3. The summed E-state index contributed by atoms with van der Waals surface area (Å²) in [5.41, 5.74) is 7.32. The van der Waals surface area contributed by atoms with E-state index in [4.69, 9.17) is 5.73 Å². The number of nitrogens with two attached hydrogens (primary N) is 1. The van der Waals surface area contributed by atoms with Gasteiger partial charge in [0.2, 0.25) is 0 Å². The maximum absolute atomic E-state index is 6.36. The van der Waals surface area contributed by atoms with E-state index in [1.165, 1.54) is 12.8 Å². The predicted octanol–water partition coefficient (Wildman–Crippen LogP) is 0.689. The smallest absolute Gasteiger partial charge is 0.0769 e. The number of rotatable bonds is 3. The molecule has 1 aromatic heterocycles. The van der Waals surface area contributed by atoms with Gasteiger partial charge in [-0.3, -0.25) is 9.58 Å². The van der Waals surface area contributed by atoms with Crippen LogP contribution in [0.2, 0.25) is 0 Å². The van der Waals surface area contributed by atoms with Crippen molar-refractivity contribution >= 4 is 0 Å². The molecule has 0 aliphatic carbocycles. The van der Waals surface area contributed by atoms with Gasteiger partial charge in [0, 0.05) is 12.6 Å². The Hall–Kier alpha value is -0.940. The van der Waals surface area contributed by atoms with Crippen molar-refractivity contribution in [1.29, 1.82) is 0 Å². The van der Waals surface area contributed by atoms with Crippen LogP contribution in [-0.2, 0) is 7.05 Å². The first-order valence-electron chi connectivity index (χ1n) is 5.88. The molecule has 5 heteroatoms. The second-order valence-corrected chi connectivity index (χ2v) is 5.11. The summed E-state index contributed by atoms with van der Waals surface area (Å²) in [7, 11) is 1.89. The summed E-state index contributed by atoms with van der Waals surface area (Å²) in [6, 6.07) is -0.0504. The van der Waals surface area contributed by atoms with Crippen LogP contribution < -0.4 is 5.73 Å². The van der Waals surface area contributed by atoms with Crippen molar-refractivity contribution in [3.63, 3.8) is 0 Å². The zero-order valence-electron chi connectivity index (χ0n) is 10.3. The third-order valence-electron chi connectivity index (χ3n) is 3.75. The van der Waals surface area contributed by atoms with E-state index in [-0.39, 0.29) is 11.6 Å². The Morgan fingerprint density at radius 2 is 2.00 bits per heavy atom. The highest BCUT2D eigenvalue weighted by atomic mass is 15.4. The van der Waals surface area contributed by atoms with Crippen LogP contribution in [0.1, 0.15) is 38.4 Å². The van der Waals surface area contributed by atoms with Gasteiger partial charge in [0.1, 0.15) is 0 Å². The lowest BCUT2D eigenvalue weighted by Crippen LogP contribution is -2.50. The summed E-state index contributed by atoms with van der Waals surface area (Å²) in [5, 5.41) is 7.84. The lowest BCUT2D eigenvalue weighted by atomic mass is 9.91. The first-order chi connectivity index (χ1) is 7.53. The normalized spacial score (nSPS) is 20.2. The fraction of sp³-hybridized carbons (Fsp3) is 0.818. The van der Waals surface area contributed by atoms with Crippen LogP contribution in [0.25, 0.3) is 0 Å². The maximum atomic E-state index is 6.36. The number of nitrogens with zero attached hydrogens (tertiary/aromatic N) is 4. The lowest BCUT2D eigenvalue weighted by Gasteiger charge is -2.40. The summed E-state index contributed by atoms with van der Waals surface area (Å²) in [4.78, 5) is 2.46. The Balaban J connectivity index is 2.19. The molecular formula is C11H21N5. The maximum Gasteiger partial charge on any atom is 0.0769 e. The van der Waals surface area contributed by atoms with Gasteiger partial charge >= 0.3 is 0 Å². The van der Waals surface area contributed by atoms with Crippen LogP contribution in [0, 0.1) is 0 Å². The standard InChI is InChI=1S/C11H21N5/c1-11(2,16-6-4-5-7-16)10(12)9-8-13-14-15(9)3/h8,10H,4-7,12H2,1-3H3. The first kappa shape index (κ1) is 11.5. The number of hydrogen-bond acceptors (Lipinski definition) is 4. The third kappa shape index (κ3) is 1.85. The molecule has 2 rings (SSSR count). The van der Waals surface area contributed by atoms with Gasteiger partial charge in [0.15, 0.2) is 0 Å². The zero-order chi connectivity index (χ0) is 11.8. The van der Waals surface area contributed by atoms with Crippen LogP contribution in [0.15, 0.2) is 6.20 Å². The van der Waals surface area contributed by atoms with E-state index in [9.17, 15) is 0 Å². The van der Waals surface area contributed by atoms with Gasteiger partial charge in [-0.15, -0.1) is 5.10 Å². The Morgan fingerprint density at radius 1 is 1.38 bits per heavy atom. The third-order valence-corrected chi connectivity index (χ3v) is 3.75. The van der Waals surface area contributed by atoms with Crippen molar-refractivity contribution in [3.05, 3.63) is 11.9 Å². The van der Waals surface area contributed by atoms with E-state index in [1.54, 1.807) is 10.9 Å². The average Bonchev–Trinajstić information content (AvgIpc) is 2.86. The van der Waals surface area contributed by atoms with E-state index >= 15 is 0 Å². The molecule has 1 aliphatic heterocycles. The van der Waals surface area contributed by atoms with Crippen molar-refractivity contribution in [2.45, 2.75) is 38.3 Å². The molecule has 0 radical (unpaired) electrons. The molecule has 1 aliphatic rings. The molecule has 16 heavy (non-hydrogen) atoms. The van der Waals surface area contributed by atoms with E-state index in [1.807, 2.05) is 7.05 Å². The minimum atomic E-state index is -0.0504. The minimum Gasteiger partial charge on any atom is -0.321 e. The molecule has 90 valence electrons. The van der Waals surface area contributed by atoms with Crippen LogP contribution in [0.5, 0.6) is 0 Å². The SMILES string of the molecule is Cn1nncc1C(N)C(C)(C)N1CCCC1. The molecule has 2 heterocycles. The highest BCUT2D eigenvalue weighted by molar-refractivity contribution is 5.09. The largest absolute Gasteiger partial charge is 0.321 e. The number of hydrogen-bond donors (Lipinski definition) is 1. The highest BCUT2D eigenvalue weighted by Gasteiger charge is 2.36. The summed E-state index contributed by atoms with van der Waals surface area (Å²) in [5.74, 6) is 0. The van der Waals surface area contributed by atoms with E-state index in [0.717, 1.165) is 18.8 Å². The zero-order valence-corrected chi connectivity index (χ0v) is 10.3. The van der Waals surface area contributed by atoms with Gasteiger partial charge in [0.25, 0.3) is 0 Å². The molecule has 5 nitrogen and oxygen atoms in total. The van der Waals surface area contributed by atoms with Crippen molar-refractivity contribution in [1.82, 2.24) is 19.9 Å². The molecule has 2 N–H and O–H groups in total.